The Morgan fingerprint density at radius 1 is 0.577 bits per heavy atom. The van der Waals surface area contributed by atoms with Gasteiger partial charge in [0.2, 0.25) is 23.6 Å². The van der Waals surface area contributed by atoms with Gasteiger partial charge in [-0.25, -0.2) is 45.6 Å². The fourth-order valence-electron chi connectivity index (χ4n) is 7.89. The molecule has 408 valence electrons. The van der Waals surface area contributed by atoms with Crippen LogP contribution in [0.4, 0.5) is 20.2 Å². The Kier molecular flexibility index (Phi) is 18.1. The molecule has 2 amide bonds. The van der Waals surface area contributed by atoms with Crippen molar-refractivity contribution in [1.29, 1.82) is 0 Å². The number of methoxy groups -OCH3 is 2. The van der Waals surface area contributed by atoms with Gasteiger partial charge in [-0.2, -0.15) is 0 Å². The summed E-state index contributed by atoms with van der Waals surface area (Å²) in [5.41, 5.74) is 2.57. The van der Waals surface area contributed by atoms with Gasteiger partial charge in [-0.05, 0) is 96.8 Å². The Bertz CT molecular complexity index is 3710. The van der Waals surface area contributed by atoms with Crippen LogP contribution in [-0.2, 0) is 42.7 Å². The van der Waals surface area contributed by atoms with Gasteiger partial charge in [0, 0.05) is 62.5 Å². The molecular formula is C52H50Cl2F2N10O10S2. The zero-order valence-corrected chi connectivity index (χ0v) is 45.6. The number of rotatable bonds is 18. The number of carbonyl (C=O) groups is 2. The summed E-state index contributed by atoms with van der Waals surface area (Å²) >= 11 is 11.9. The van der Waals surface area contributed by atoms with Gasteiger partial charge in [0.05, 0.1) is 58.7 Å². The Labute approximate surface area is 455 Å². The molecule has 26 heteroatoms. The van der Waals surface area contributed by atoms with E-state index in [1.165, 1.54) is 60.5 Å². The summed E-state index contributed by atoms with van der Waals surface area (Å²) in [7, 11) is -2.65. The molecular weight excluding hydrogens is 1100 g/mol. The fraction of sp³-hybridized carbons (Fsp3) is 0.231. The van der Waals surface area contributed by atoms with E-state index in [4.69, 9.17) is 32.7 Å². The minimum Gasteiger partial charge on any atom is -0.480 e. The molecule has 0 fully saturated rings. The number of aromatic nitrogens is 6. The first-order chi connectivity index (χ1) is 37.1. The number of sulfonamides is 2. The highest BCUT2D eigenvalue weighted by Gasteiger charge is 2.24. The summed E-state index contributed by atoms with van der Waals surface area (Å²) in [5, 5.41) is 5.31. The highest BCUT2D eigenvalue weighted by molar-refractivity contribution is 7.93. The molecule has 2 atom stereocenters. The lowest BCUT2D eigenvalue weighted by Crippen LogP contribution is -2.28. The van der Waals surface area contributed by atoms with Crippen LogP contribution >= 0.6 is 23.2 Å². The monoisotopic (exact) mass is 1150 g/mol. The number of anilines is 2. The van der Waals surface area contributed by atoms with Crippen molar-refractivity contribution in [3.63, 3.8) is 0 Å². The highest BCUT2D eigenvalue weighted by Crippen LogP contribution is 2.34. The second-order valence-corrected chi connectivity index (χ2v) is 21.6. The quantitative estimate of drug-likeness (QED) is 0.0643. The normalized spacial score (nSPS) is 12.2. The molecule has 4 aromatic heterocycles. The van der Waals surface area contributed by atoms with Crippen LogP contribution in [0.5, 0.6) is 11.8 Å². The summed E-state index contributed by atoms with van der Waals surface area (Å²) in [4.78, 5) is 66.5. The number of nitrogens with one attached hydrogen (secondary N) is 4. The lowest BCUT2D eigenvalue weighted by atomic mass is 10.0. The van der Waals surface area contributed by atoms with Crippen molar-refractivity contribution < 1.29 is 44.7 Å². The van der Waals surface area contributed by atoms with E-state index in [1.807, 2.05) is 0 Å². The Morgan fingerprint density at radius 3 is 1.31 bits per heavy atom. The van der Waals surface area contributed by atoms with E-state index in [9.17, 15) is 44.8 Å². The van der Waals surface area contributed by atoms with Gasteiger partial charge in [0.1, 0.15) is 32.8 Å². The molecule has 8 rings (SSSR count). The SMILES string of the molecule is CNC(=O)[C@@H](C)CCn1cnc2ccc(-c3cnc(OC)c(NS(=O)(=O)c4ccc(F)cc4Cl)c3)cc2c1=O.CNC(=O)[C@H](C)CCn1cnc2ccc(-c3cnc(OC)c(NS(=O)(=O)c4ccc(F)cc4Cl)c3)cc2c1=O. The molecule has 0 aliphatic carbocycles. The van der Waals surface area contributed by atoms with E-state index in [2.05, 4.69) is 40.0 Å². The number of ether oxygens (including phenoxy) is 2. The van der Waals surface area contributed by atoms with Crippen molar-refractivity contribution >= 4 is 88.2 Å². The largest absolute Gasteiger partial charge is 0.480 e. The van der Waals surface area contributed by atoms with Crippen molar-refractivity contribution in [3.05, 3.63) is 152 Å². The van der Waals surface area contributed by atoms with Crippen LogP contribution in [0.1, 0.15) is 26.7 Å². The van der Waals surface area contributed by atoms with Gasteiger partial charge in [0.15, 0.2) is 0 Å². The summed E-state index contributed by atoms with van der Waals surface area (Å²) < 4.78 is 97.0. The standard InChI is InChI=1S/2C26H25ClFN5O5S/c2*1-15(24(34)29-2)8-9-33-14-31-21-6-4-16(10-19(21)26(33)35)17-11-22(25(38-3)30-13-17)32-39(36,37)23-7-5-18(28)12-20(23)27/h2*4-7,10-15,32H,8-9H2,1-3H3,(H,29,34)/t2*15-/m10/s1. The van der Waals surface area contributed by atoms with E-state index in [0.717, 1.165) is 36.4 Å². The summed E-state index contributed by atoms with van der Waals surface area (Å²) in [6.07, 6.45) is 6.75. The topological polar surface area (TPSA) is 265 Å². The Balaban J connectivity index is 0.000000226. The molecule has 78 heavy (non-hydrogen) atoms. The van der Waals surface area contributed by atoms with Gasteiger partial charge >= 0.3 is 0 Å². The van der Waals surface area contributed by atoms with Crippen molar-refractivity contribution in [2.45, 2.75) is 49.6 Å². The third-order valence-electron chi connectivity index (χ3n) is 12.3. The molecule has 0 aliphatic heterocycles. The van der Waals surface area contributed by atoms with Crippen molar-refractivity contribution in [2.24, 2.45) is 11.8 Å². The minimum absolute atomic E-state index is 0.00407. The maximum Gasteiger partial charge on any atom is 0.263 e. The predicted octanol–water partition coefficient (Wildman–Crippen LogP) is 7.67. The van der Waals surface area contributed by atoms with Crippen LogP contribution in [0.25, 0.3) is 44.1 Å². The number of carbonyl (C=O) groups excluding carboxylic acids is 2. The van der Waals surface area contributed by atoms with Gasteiger partial charge in [-0.3, -0.25) is 37.8 Å². The van der Waals surface area contributed by atoms with Crippen LogP contribution < -0.4 is 40.7 Å². The molecule has 0 saturated carbocycles. The molecule has 4 heterocycles. The molecule has 0 unspecified atom stereocenters. The molecule has 0 saturated heterocycles. The molecule has 4 aromatic carbocycles. The molecule has 0 radical (unpaired) electrons. The number of hydrogen-bond acceptors (Lipinski definition) is 14. The average Bonchev–Trinajstić information content (AvgIpc) is 3.43. The van der Waals surface area contributed by atoms with Gasteiger partial charge < -0.3 is 20.1 Å². The lowest BCUT2D eigenvalue weighted by Gasteiger charge is -2.14. The van der Waals surface area contributed by atoms with Crippen molar-refractivity contribution in [1.82, 2.24) is 39.7 Å². The minimum atomic E-state index is -4.22. The molecule has 20 nitrogen and oxygen atoms in total. The highest BCUT2D eigenvalue weighted by atomic mass is 35.5. The molecule has 0 spiro atoms. The third-order valence-corrected chi connectivity index (χ3v) is 16.0. The number of fused-ring (bicyclic) bond motifs is 2. The van der Waals surface area contributed by atoms with E-state index in [-0.39, 0.29) is 77.7 Å². The van der Waals surface area contributed by atoms with E-state index in [0.29, 0.717) is 70.0 Å². The smallest absolute Gasteiger partial charge is 0.263 e. The zero-order valence-electron chi connectivity index (χ0n) is 42.5. The second-order valence-electron chi connectivity index (χ2n) is 17.5. The number of benzene rings is 4. The first kappa shape index (κ1) is 57.6. The number of pyridine rings is 2. The van der Waals surface area contributed by atoms with Gasteiger partial charge in [0.25, 0.3) is 31.2 Å². The molecule has 4 N–H and O–H groups in total. The Hall–Kier alpha value is -8.06. The van der Waals surface area contributed by atoms with Crippen LogP contribution in [0.2, 0.25) is 10.0 Å². The number of hydrogen-bond donors (Lipinski definition) is 4. The molecule has 0 aliphatic rings. The van der Waals surface area contributed by atoms with Crippen LogP contribution in [-0.4, -0.2) is 86.0 Å². The first-order valence-corrected chi connectivity index (χ1v) is 27.3. The third kappa shape index (κ3) is 13.2. The average molecular weight is 1150 g/mol. The van der Waals surface area contributed by atoms with Crippen molar-refractivity contribution in [2.75, 3.05) is 37.8 Å². The number of amides is 2. The number of halogens is 4. The van der Waals surface area contributed by atoms with E-state index in [1.54, 1.807) is 64.3 Å². The second kappa shape index (κ2) is 24.5. The number of nitrogens with zero attached hydrogens (tertiary/aromatic N) is 6. The fourth-order valence-corrected chi connectivity index (χ4v) is 11.1. The van der Waals surface area contributed by atoms with Gasteiger partial charge in [-0.1, -0.05) is 49.2 Å². The maximum absolute atomic E-state index is 13.4. The van der Waals surface area contributed by atoms with E-state index < -0.39 is 31.7 Å². The van der Waals surface area contributed by atoms with Crippen LogP contribution in [0.15, 0.2) is 129 Å². The van der Waals surface area contributed by atoms with Crippen LogP contribution in [0, 0.1) is 23.5 Å². The molecule has 0 bridgehead atoms. The van der Waals surface area contributed by atoms with E-state index >= 15 is 0 Å². The van der Waals surface area contributed by atoms with Crippen molar-refractivity contribution in [3.8, 4) is 34.0 Å². The summed E-state index contributed by atoms with van der Waals surface area (Å²) in [6, 6.07) is 19.0. The van der Waals surface area contributed by atoms with Crippen LogP contribution in [0.3, 0.4) is 0 Å². The lowest BCUT2D eigenvalue weighted by molar-refractivity contribution is -0.125. The first-order valence-electron chi connectivity index (χ1n) is 23.5. The number of aryl methyl sites for hydroxylation is 2. The molecule has 8 aromatic rings. The summed E-state index contributed by atoms with van der Waals surface area (Å²) in [6.45, 7) is 4.18. The summed E-state index contributed by atoms with van der Waals surface area (Å²) in [5.74, 6) is -2.13. The Morgan fingerprint density at radius 2 is 0.962 bits per heavy atom. The maximum atomic E-state index is 13.4. The predicted molar refractivity (Wildman–Crippen MR) is 292 cm³/mol. The zero-order chi connectivity index (χ0) is 56.6. The van der Waals surface area contributed by atoms with Gasteiger partial charge in [-0.15, -0.1) is 0 Å².